The Kier molecular flexibility index (Phi) is 59.5. The van der Waals surface area contributed by atoms with E-state index in [1.807, 2.05) is 120 Å². The summed E-state index contributed by atoms with van der Waals surface area (Å²) < 4.78 is 0. The fourth-order valence-corrected chi connectivity index (χ4v) is 12.3. The van der Waals surface area contributed by atoms with Gasteiger partial charge in [-0.2, -0.15) is 0 Å². The molecule has 0 aliphatic rings. The van der Waals surface area contributed by atoms with Crippen LogP contribution in [-0.2, 0) is 0 Å². The summed E-state index contributed by atoms with van der Waals surface area (Å²) in [7, 11) is 0. The third-order valence-corrected chi connectivity index (χ3v) is 19.7. The van der Waals surface area contributed by atoms with Crippen molar-refractivity contribution in [1.29, 1.82) is 0 Å². The van der Waals surface area contributed by atoms with E-state index in [-0.39, 0.29) is 29.7 Å². The maximum absolute atomic E-state index is 4.39. The zero-order chi connectivity index (χ0) is 87.5. The number of aromatic nitrogens is 11. The number of aryl methyl sites for hydroxylation is 15. The highest BCUT2D eigenvalue weighted by Gasteiger charge is 2.10. The molecule has 0 spiro atoms. The van der Waals surface area contributed by atoms with Crippen LogP contribution < -0.4 is 0 Å². The zero-order valence-corrected chi connectivity index (χ0v) is 78.9. The van der Waals surface area contributed by atoms with Crippen LogP contribution in [0, 0.1) is 111 Å². The van der Waals surface area contributed by atoms with E-state index in [0.29, 0.717) is 65.1 Å². The minimum Gasteiger partial charge on any atom is -0.264 e. The summed E-state index contributed by atoms with van der Waals surface area (Å²) in [6, 6.07) is 29.5. The highest BCUT2D eigenvalue weighted by Crippen LogP contribution is 2.25. The van der Waals surface area contributed by atoms with E-state index < -0.39 is 0 Å². The average Bonchev–Trinajstić information content (AvgIpc) is 0.849. The Balaban J connectivity index is -0.000000609. The molecule has 11 rings (SSSR count). The van der Waals surface area contributed by atoms with Gasteiger partial charge >= 0.3 is 0 Å². The van der Waals surface area contributed by atoms with Crippen molar-refractivity contribution in [1.82, 2.24) is 54.8 Å². The quantitative estimate of drug-likeness (QED) is 0.122. The molecule has 0 aromatic carbocycles. The minimum absolute atomic E-state index is 0. The smallest absolute Gasteiger partial charge is 0.0410 e. The van der Waals surface area contributed by atoms with E-state index in [1.165, 1.54) is 117 Å². The Labute approximate surface area is 731 Å². The first kappa shape index (κ1) is 116. The van der Waals surface area contributed by atoms with Crippen molar-refractivity contribution < 1.29 is 0 Å². The molecule has 119 heavy (non-hydrogen) atoms. The van der Waals surface area contributed by atoms with Crippen molar-refractivity contribution in [3.63, 3.8) is 0 Å². The van der Waals surface area contributed by atoms with E-state index in [4.69, 9.17) is 0 Å². The molecule has 0 fully saturated rings. The first-order valence-corrected chi connectivity index (χ1v) is 42.0. The van der Waals surface area contributed by atoms with Crippen LogP contribution in [0.2, 0.25) is 0 Å². The first-order chi connectivity index (χ1) is 53.8. The molecular formula is C108H169N11. The van der Waals surface area contributed by atoms with Crippen molar-refractivity contribution in [3.8, 4) is 0 Å². The van der Waals surface area contributed by atoms with E-state index in [2.05, 4.69) is 363 Å². The number of hydrogen-bond acceptors (Lipinski definition) is 11. The van der Waals surface area contributed by atoms with Gasteiger partial charge in [0, 0.05) is 132 Å². The van der Waals surface area contributed by atoms with Crippen LogP contribution in [0.3, 0.4) is 0 Å². The SMILES string of the molecule is C.C.C.C.CC(C)c1cccnc1.Cc1cc(C(C)C)cnc1C.Cc1cc(C)c(C(C)C)cn1.Cc1ccc(C(C)C)c(C)n1.Cc1ccc(C(C)C)cn1.Cc1ccnc(C)c1C(C)C.Cc1ccncc1C(C)C.Cc1cnc(C)c(C(C)C)c1.Cc1cncc(C(C)C)c1.Cc1cncc(C(C)C)c1C.Cc1ncccc1C(C)C. The molecule has 0 atom stereocenters. The van der Waals surface area contributed by atoms with Crippen molar-refractivity contribution in [2.24, 2.45) is 0 Å². The fourth-order valence-electron chi connectivity index (χ4n) is 12.3. The van der Waals surface area contributed by atoms with Gasteiger partial charge in [-0.1, -0.05) is 224 Å². The lowest BCUT2D eigenvalue weighted by Crippen LogP contribution is -1.97. The highest BCUT2D eigenvalue weighted by molar-refractivity contribution is 5.34. The van der Waals surface area contributed by atoms with Crippen LogP contribution in [0.5, 0.6) is 0 Å². The molecule has 0 saturated heterocycles. The predicted octanol–water partition coefficient (Wildman–Crippen LogP) is 31.7. The Morgan fingerprint density at radius 2 is 0.647 bits per heavy atom. The minimum atomic E-state index is 0. The first-order valence-electron chi connectivity index (χ1n) is 42.0. The van der Waals surface area contributed by atoms with Gasteiger partial charge in [0.05, 0.1) is 0 Å². The normalized spacial score (nSPS) is 10.2. The van der Waals surface area contributed by atoms with Crippen molar-refractivity contribution in [3.05, 3.63) is 323 Å². The van der Waals surface area contributed by atoms with E-state index in [0.717, 1.165) is 34.2 Å². The number of hydrogen-bond donors (Lipinski definition) is 0. The van der Waals surface area contributed by atoms with E-state index in [1.54, 1.807) is 6.20 Å². The Bertz CT molecular complexity index is 4370. The largest absolute Gasteiger partial charge is 0.264 e. The van der Waals surface area contributed by atoms with Gasteiger partial charge in [0.2, 0.25) is 0 Å². The summed E-state index contributed by atoms with van der Waals surface area (Å²) in [6.45, 7) is 81.4. The Morgan fingerprint density at radius 1 is 0.210 bits per heavy atom. The summed E-state index contributed by atoms with van der Waals surface area (Å²) in [5.74, 6) is 6.48. The van der Waals surface area contributed by atoms with Crippen molar-refractivity contribution in [2.45, 2.75) is 358 Å². The van der Waals surface area contributed by atoms with Gasteiger partial charge in [-0.3, -0.25) is 54.8 Å². The molecule has 11 heterocycles. The zero-order valence-electron chi connectivity index (χ0n) is 78.9. The van der Waals surface area contributed by atoms with Crippen LogP contribution in [-0.4, -0.2) is 54.8 Å². The lowest BCUT2D eigenvalue weighted by atomic mass is 9.97. The molecule has 11 heteroatoms. The monoisotopic (exact) mass is 1620 g/mol. The molecule has 0 N–H and O–H groups in total. The summed E-state index contributed by atoms with van der Waals surface area (Å²) in [6.07, 6.45) is 26.7. The standard InChI is InChI=1S/6C10H15N.4C9H13N.C8H11N.4CH4/c1-7(2)10-6-11-5-8(3)9(10)4;1-7(2)10-5-8(3)9(4)11-6-10;1-7(2)10-6-11-9(4)5-8(10)3;1-7(2)10-5-8(3)6-11-9(10)4;1-7(2)10-8(3)5-6-11-9(10)4;1-7(2)10-6-5-8(3)11-9(10)4;1-7(2)9-4-8(3)5-10-6-9;1-7(2)9-6-10-5-4-8(9)3;1-7(2)9-5-4-8(3)10-6-9;1-7(2)9-5-4-6-10-8(9)3;1-7(2)8-4-3-5-9-6-8;;;;/h6*5-7H,1-4H3;4*4-7H,1-3H3;3-7H,1-2H3;4*1H4. The second kappa shape index (κ2) is 61.0. The molecule has 11 nitrogen and oxygen atoms in total. The average molecular weight is 1620 g/mol. The molecule has 0 unspecified atom stereocenters. The van der Waals surface area contributed by atoms with Crippen molar-refractivity contribution in [2.75, 3.05) is 0 Å². The Hall–Kier alpha value is -9.35. The van der Waals surface area contributed by atoms with Gasteiger partial charge in [-0.15, -0.1) is 0 Å². The van der Waals surface area contributed by atoms with Gasteiger partial charge in [-0.25, -0.2) is 0 Å². The summed E-state index contributed by atoms with van der Waals surface area (Å²) >= 11 is 0. The van der Waals surface area contributed by atoms with Crippen LogP contribution in [0.15, 0.2) is 172 Å². The molecule has 656 valence electrons. The molecule has 11 aromatic heterocycles. The fraction of sp³-hybridized carbons (Fsp3) is 0.491. The molecule has 0 amide bonds. The van der Waals surface area contributed by atoms with E-state index >= 15 is 0 Å². The number of rotatable bonds is 11. The molecule has 0 aliphatic carbocycles. The van der Waals surface area contributed by atoms with Gasteiger partial charge in [0.25, 0.3) is 0 Å². The number of nitrogens with zero attached hydrogens (tertiary/aromatic N) is 11. The topological polar surface area (TPSA) is 142 Å². The van der Waals surface area contributed by atoms with Gasteiger partial charge in [0.15, 0.2) is 0 Å². The summed E-state index contributed by atoms with van der Waals surface area (Å²) in [5, 5.41) is 0. The lowest BCUT2D eigenvalue weighted by molar-refractivity contribution is 0.832. The van der Waals surface area contributed by atoms with Gasteiger partial charge < -0.3 is 0 Å². The number of pyridine rings is 11. The molecule has 0 saturated carbocycles. The van der Waals surface area contributed by atoms with E-state index in [9.17, 15) is 0 Å². The second-order valence-corrected chi connectivity index (χ2v) is 33.9. The van der Waals surface area contributed by atoms with Gasteiger partial charge in [-0.05, 0) is 324 Å². The van der Waals surface area contributed by atoms with Gasteiger partial charge in [0.1, 0.15) is 0 Å². The summed E-state index contributed by atoms with van der Waals surface area (Å²) in [4.78, 5) is 46.3. The Morgan fingerprint density at radius 3 is 1.05 bits per heavy atom. The van der Waals surface area contributed by atoms with Crippen LogP contribution >= 0.6 is 0 Å². The predicted molar refractivity (Wildman–Crippen MR) is 524 cm³/mol. The summed E-state index contributed by atoms with van der Waals surface area (Å²) in [5.41, 5.74) is 34.4. The lowest BCUT2D eigenvalue weighted by Gasteiger charge is -2.11. The van der Waals surface area contributed by atoms with Crippen molar-refractivity contribution >= 4 is 0 Å². The molecule has 0 bridgehead atoms. The molecule has 11 aromatic rings. The maximum atomic E-state index is 4.39. The third kappa shape index (κ3) is 45.6. The third-order valence-electron chi connectivity index (χ3n) is 19.7. The highest BCUT2D eigenvalue weighted by atomic mass is 14.7. The molecule has 0 radical (unpaired) electrons. The molecule has 0 aliphatic heterocycles. The second-order valence-electron chi connectivity index (χ2n) is 33.9. The maximum Gasteiger partial charge on any atom is 0.0410 e. The van der Waals surface area contributed by atoms with Crippen LogP contribution in [0.4, 0.5) is 0 Å². The van der Waals surface area contributed by atoms with Crippen LogP contribution in [0.25, 0.3) is 0 Å². The molecular weight excluding hydrogens is 1450 g/mol. The van der Waals surface area contributed by atoms with Crippen LogP contribution in [0.1, 0.15) is 398 Å².